The highest BCUT2D eigenvalue weighted by Gasteiger charge is 2.52. The quantitative estimate of drug-likeness (QED) is 0.159. The van der Waals surface area contributed by atoms with E-state index in [1.165, 1.54) is 23.5 Å². The first kappa shape index (κ1) is 28.9. The van der Waals surface area contributed by atoms with Crippen molar-refractivity contribution in [2.75, 3.05) is 18.9 Å². The molecule has 7 rings (SSSR count). The van der Waals surface area contributed by atoms with E-state index in [9.17, 15) is 24.2 Å². The third kappa shape index (κ3) is 5.20. The van der Waals surface area contributed by atoms with Crippen LogP contribution in [0.4, 0.5) is 5.82 Å². The van der Waals surface area contributed by atoms with Gasteiger partial charge in [-0.2, -0.15) is 0 Å². The van der Waals surface area contributed by atoms with Crippen molar-refractivity contribution in [3.8, 4) is 0 Å². The fraction of sp³-hybridized carbons (Fsp3) is 0.455. The van der Waals surface area contributed by atoms with Crippen LogP contribution in [0, 0.1) is 0 Å². The van der Waals surface area contributed by atoms with Crippen LogP contribution in [0.1, 0.15) is 13.9 Å². The zero-order valence-corrected chi connectivity index (χ0v) is 23.1. The van der Waals surface area contributed by atoms with Gasteiger partial charge in [0.25, 0.3) is 0 Å². The summed E-state index contributed by atoms with van der Waals surface area (Å²) in [6.45, 7) is -1.02. The number of hydrogen-bond donors (Lipinski definition) is 4. The largest absolute Gasteiger partial charge is 1.00 e. The maximum absolute atomic E-state index is 13.6. The van der Waals surface area contributed by atoms with E-state index in [-0.39, 0.29) is 18.4 Å². The lowest BCUT2D eigenvalue weighted by atomic mass is 10.1. The number of aliphatic hydroxyl groups excluding tert-OH is 2. The first-order chi connectivity index (χ1) is 20.5. The summed E-state index contributed by atoms with van der Waals surface area (Å²) in [5, 5.41) is 22.5. The molecule has 0 spiro atoms. The second kappa shape index (κ2) is 10.7. The average Bonchev–Trinajstić information content (AvgIpc) is 3.72. The lowest BCUT2D eigenvalue weighted by Crippen LogP contribution is -2.39. The minimum Gasteiger partial charge on any atom is -0.386 e. The molecule has 0 bridgehead atoms. The molecule has 0 aliphatic carbocycles. The molecule has 5 N–H and O–H groups in total. The Balaban J connectivity index is 0.00000343. The molecular weight excluding hydrogens is 611 g/mol. The second-order valence-electron chi connectivity index (χ2n) is 9.76. The van der Waals surface area contributed by atoms with E-state index in [2.05, 4.69) is 19.9 Å². The number of nitrogens with two attached hydrogens (primary N) is 1. The van der Waals surface area contributed by atoms with Crippen LogP contribution in [0.3, 0.4) is 0 Å². The van der Waals surface area contributed by atoms with Gasteiger partial charge in [0.05, 0.1) is 44.5 Å². The Morgan fingerprint density at radius 2 is 1.56 bits per heavy atom. The molecule has 4 aromatic rings. The maximum atomic E-state index is 13.6. The first-order valence-electron chi connectivity index (χ1n) is 12.6. The summed E-state index contributed by atoms with van der Waals surface area (Å²) in [5.74, 6) is 0.112. The Labute approximate surface area is 244 Å². The standard InChI is InChI=1S/C22H27BN7O11P2/c23-42(33)36-5-12-18(16(32)21(38-12)29-8-27-10-3-1-2-4-11(10)29)41-43(34,35)37-6-13-17(40-42)15(31)22(39-13)30-9-28-14-19(24)25-7-26-20(14)30/h1-4,7-9,12-13,15-18,21-22,31-32H,5-6H2,23H3,(H,34,35)(H2,24,25,26)/q-1/p+1/t12-,13-,15+,16?,17?,18+,21-,22-,42?/m1/s1. The Kier molecular flexibility index (Phi) is 7.19. The van der Waals surface area contributed by atoms with Crippen molar-refractivity contribution >= 4 is 50.9 Å². The molecule has 6 heterocycles. The minimum absolute atomic E-state index is 0. The lowest BCUT2D eigenvalue weighted by Gasteiger charge is -2.31. The molecule has 4 unspecified atom stereocenters. The normalized spacial score (nSPS) is 38.9. The van der Waals surface area contributed by atoms with Gasteiger partial charge in [0.1, 0.15) is 55.9 Å². The number of nitrogen functional groups attached to an aromatic ring is 1. The highest BCUT2D eigenvalue weighted by molar-refractivity contribution is 7.79. The molecule has 3 aliphatic heterocycles. The van der Waals surface area contributed by atoms with Crippen molar-refractivity contribution in [3.05, 3.63) is 43.2 Å². The summed E-state index contributed by atoms with van der Waals surface area (Å²) in [6, 6.07) is 7.15. The van der Waals surface area contributed by atoms with Gasteiger partial charge in [0.15, 0.2) is 23.9 Å². The Morgan fingerprint density at radius 3 is 2.33 bits per heavy atom. The van der Waals surface area contributed by atoms with Crippen molar-refractivity contribution in [2.45, 2.75) is 49.1 Å². The van der Waals surface area contributed by atoms with Crippen LogP contribution in [0.2, 0.25) is 0 Å². The number of nitrogens with zero attached hydrogens (tertiary/aromatic N) is 6. The van der Waals surface area contributed by atoms with Gasteiger partial charge in [-0.3, -0.25) is 13.6 Å². The van der Waals surface area contributed by atoms with Gasteiger partial charge in [-0.25, -0.2) is 24.5 Å². The van der Waals surface area contributed by atoms with E-state index in [1.807, 2.05) is 0 Å². The molecule has 3 fully saturated rings. The number of imidazole rings is 2. The van der Waals surface area contributed by atoms with Crippen LogP contribution in [0.5, 0.6) is 0 Å². The number of fused-ring (bicyclic) bond motifs is 4. The lowest BCUT2D eigenvalue weighted by molar-refractivity contribution is -0.0615. The number of ether oxygens (including phenoxy) is 2. The Hall–Kier alpha value is -2.80. The number of hydrogen-bond acceptors (Lipinski definition) is 15. The highest BCUT2D eigenvalue weighted by Crippen LogP contribution is 2.53. The number of phosphoric ester groups is 1. The van der Waals surface area contributed by atoms with E-state index in [0.717, 1.165) is 0 Å². The monoisotopic (exact) mass is 639 g/mol. The van der Waals surface area contributed by atoms with Crippen molar-refractivity contribution in [3.63, 3.8) is 0 Å². The summed E-state index contributed by atoms with van der Waals surface area (Å²) < 4.78 is 64.0. The predicted molar refractivity (Wildman–Crippen MR) is 149 cm³/mol. The summed E-state index contributed by atoms with van der Waals surface area (Å²) in [6.07, 6.45) is -6.18. The summed E-state index contributed by atoms with van der Waals surface area (Å²) in [7, 11) is -9.74. The molecule has 43 heavy (non-hydrogen) atoms. The summed E-state index contributed by atoms with van der Waals surface area (Å²) in [4.78, 5) is 27.2. The van der Waals surface area contributed by atoms with Crippen molar-refractivity contribution in [1.82, 2.24) is 29.1 Å². The van der Waals surface area contributed by atoms with Crippen LogP contribution < -0.4 is 5.73 Å². The number of phosphoric acid groups is 1. The van der Waals surface area contributed by atoms with E-state index in [4.69, 9.17) is 33.3 Å². The molecule has 0 saturated carbocycles. The SMILES string of the molecule is [BH3-]P1(=O)OC[C@H]2O[C@@H](n3cnc4ccccc43)C(O)[C@H]2OP(=O)(O)OC[C@H]2O[C@@H](n3cnc4c(N)ncnc43)[C@@H](O)C2O1.[H+]. The number of benzene rings is 1. The highest BCUT2D eigenvalue weighted by atomic mass is 31.2. The van der Waals surface area contributed by atoms with Gasteiger partial charge in [-0.15, -0.1) is 0 Å². The molecular formula is C22H28BN7O11P2. The number of rotatable bonds is 2. The molecule has 10 atom stereocenters. The molecule has 230 valence electrons. The van der Waals surface area contributed by atoms with Gasteiger partial charge >= 0.3 is 9.25 Å². The number of anilines is 1. The summed E-state index contributed by atoms with van der Waals surface area (Å²) in [5.41, 5.74) is 7.68. The van der Waals surface area contributed by atoms with E-state index < -0.39 is 85.2 Å². The summed E-state index contributed by atoms with van der Waals surface area (Å²) >= 11 is 0. The van der Waals surface area contributed by atoms with E-state index >= 15 is 0 Å². The first-order valence-corrected chi connectivity index (χ1v) is 15.2. The maximum Gasteiger partial charge on any atom is 1.00 e. The smallest absolute Gasteiger partial charge is 0.386 e. The molecule has 21 heteroatoms. The van der Waals surface area contributed by atoms with Crippen LogP contribution in [0.25, 0.3) is 22.2 Å². The van der Waals surface area contributed by atoms with Gasteiger partial charge < -0.3 is 48.5 Å². The third-order valence-electron chi connectivity index (χ3n) is 7.24. The topological polar surface area (TPSA) is 238 Å². The van der Waals surface area contributed by atoms with Crippen molar-refractivity contribution in [1.29, 1.82) is 0 Å². The predicted octanol–water partition coefficient (Wildman–Crippen LogP) is -0.521. The van der Waals surface area contributed by atoms with Gasteiger partial charge in [-0.05, 0) is 12.1 Å². The van der Waals surface area contributed by atoms with Crippen LogP contribution in [-0.2, 0) is 36.7 Å². The molecule has 3 aromatic heterocycles. The zero-order valence-electron chi connectivity index (χ0n) is 22.3. The van der Waals surface area contributed by atoms with E-state index in [0.29, 0.717) is 11.0 Å². The second-order valence-corrected chi connectivity index (χ2v) is 12.1. The number of aliphatic hydroxyl groups is 2. The number of aromatic nitrogens is 6. The van der Waals surface area contributed by atoms with Crippen molar-refractivity contribution in [2.24, 2.45) is 0 Å². The minimum atomic E-state index is -4.87. The number of para-hydroxylation sites is 2. The van der Waals surface area contributed by atoms with E-state index in [1.54, 1.807) is 28.8 Å². The molecule has 0 radical (unpaired) electrons. The van der Waals surface area contributed by atoms with Crippen LogP contribution in [0.15, 0.2) is 43.2 Å². The van der Waals surface area contributed by atoms with Gasteiger partial charge in [0.2, 0.25) is 0 Å². The fourth-order valence-electron chi connectivity index (χ4n) is 5.28. The van der Waals surface area contributed by atoms with Crippen LogP contribution >= 0.6 is 15.3 Å². The van der Waals surface area contributed by atoms with Crippen molar-refractivity contribution < 1.29 is 53.2 Å². The molecule has 1 aromatic carbocycles. The Morgan fingerprint density at radius 1 is 0.907 bits per heavy atom. The fourth-order valence-corrected chi connectivity index (χ4v) is 7.03. The molecule has 3 saturated heterocycles. The molecule has 0 amide bonds. The zero-order chi connectivity index (χ0) is 30.1. The van der Waals surface area contributed by atoms with Gasteiger partial charge in [0, 0.05) is 0 Å². The van der Waals surface area contributed by atoms with Gasteiger partial charge in [-0.1, -0.05) is 12.1 Å². The average molecular weight is 639 g/mol. The Bertz CT molecular complexity index is 1780. The molecule has 3 aliphatic rings. The third-order valence-corrected chi connectivity index (χ3v) is 9.00. The molecule has 18 nitrogen and oxygen atoms in total. The van der Waals surface area contributed by atoms with Crippen LogP contribution in [-0.4, -0.2) is 102 Å².